The fraction of sp³-hybridized carbons (Fsp3) is 0.611. The number of amides is 1. The summed E-state index contributed by atoms with van der Waals surface area (Å²) in [5.74, 6) is 0.594. The minimum absolute atomic E-state index is 0.0465. The van der Waals surface area contributed by atoms with Gasteiger partial charge in [-0.05, 0) is 63.4 Å². The molecule has 1 aliphatic heterocycles. The van der Waals surface area contributed by atoms with Gasteiger partial charge in [0.05, 0.1) is 0 Å². The highest BCUT2D eigenvalue weighted by atomic mass is 16.1. The van der Waals surface area contributed by atoms with Crippen molar-refractivity contribution in [1.29, 1.82) is 0 Å². The summed E-state index contributed by atoms with van der Waals surface area (Å²) in [7, 11) is 0. The molecule has 4 heteroatoms. The average Bonchev–Trinajstić information content (AvgIpc) is 2.50. The first kappa shape index (κ1) is 16.8. The molecule has 1 aromatic rings. The van der Waals surface area contributed by atoms with Crippen molar-refractivity contribution in [2.24, 2.45) is 5.92 Å². The molecule has 1 atom stereocenters. The van der Waals surface area contributed by atoms with Gasteiger partial charge in [-0.25, -0.2) is 0 Å². The van der Waals surface area contributed by atoms with Crippen LogP contribution in [-0.4, -0.2) is 31.1 Å². The summed E-state index contributed by atoms with van der Waals surface area (Å²) in [6.07, 6.45) is 2.01. The molecule has 22 heavy (non-hydrogen) atoms. The van der Waals surface area contributed by atoms with Crippen LogP contribution in [0.25, 0.3) is 0 Å². The van der Waals surface area contributed by atoms with Crippen molar-refractivity contribution >= 4 is 11.6 Å². The van der Waals surface area contributed by atoms with Crippen molar-refractivity contribution in [3.05, 3.63) is 29.3 Å². The van der Waals surface area contributed by atoms with Crippen LogP contribution in [0.3, 0.4) is 0 Å². The van der Waals surface area contributed by atoms with Crippen LogP contribution >= 0.6 is 0 Å². The molecular formula is C18H29N3O. The van der Waals surface area contributed by atoms with E-state index in [1.807, 2.05) is 19.1 Å². The van der Waals surface area contributed by atoms with E-state index < -0.39 is 0 Å². The molecule has 1 fully saturated rings. The van der Waals surface area contributed by atoms with E-state index >= 15 is 0 Å². The molecule has 1 aliphatic rings. The van der Waals surface area contributed by atoms with Crippen LogP contribution in [0, 0.1) is 12.8 Å². The molecule has 0 radical (unpaired) electrons. The Morgan fingerprint density at radius 3 is 2.55 bits per heavy atom. The van der Waals surface area contributed by atoms with Gasteiger partial charge in [0.15, 0.2) is 0 Å². The summed E-state index contributed by atoms with van der Waals surface area (Å²) in [5, 5.41) is 10.0. The third kappa shape index (κ3) is 4.23. The summed E-state index contributed by atoms with van der Waals surface area (Å²) < 4.78 is 0. The first-order chi connectivity index (χ1) is 10.5. The van der Waals surface area contributed by atoms with E-state index in [1.54, 1.807) is 0 Å². The summed E-state index contributed by atoms with van der Waals surface area (Å²) in [6.45, 7) is 10.6. The fourth-order valence-corrected chi connectivity index (χ4v) is 2.68. The highest BCUT2D eigenvalue weighted by Crippen LogP contribution is 2.21. The number of rotatable bonds is 5. The molecule has 0 saturated carbocycles. The quantitative estimate of drug-likeness (QED) is 0.784. The molecular weight excluding hydrogens is 274 g/mol. The Labute approximate surface area is 134 Å². The maximum atomic E-state index is 12.5. The van der Waals surface area contributed by atoms with Crippen LogP contribution in [0.2, 0.25) is 0 Å². The number of anilines is 1. The predicted octanol–water partition coefficient (Wildman–Crippen LogP) is 2.93. The predicted molar refractivity (Wildman–Crippen MR) is 92.5 cm³/mol. The molecule has 1 aromatic carbocycles. The molecule has 1 amide bonds. The van der Waals surface area contributed by atoms with Gasteiger partial charge >= 0.3 is 0 Å². The number of benzene rings is 1. The number of piperidine rings is 1. The van der Waals surface area contributed by atoms with Gasteiger partial charge in [0.1, 0.15) is 0 Å². The largest absolute Gasteiger partial charge is 0.382 e. The van der Waals surface area contributed by atoms with Gasteiger partial charge in [0, 0.05) is 23.3 Å². The SMILES string of the molecule is Cc1c(NC(C)C(C)C)cccc1C(=O)NC1CCNCC1. The molecule has 1 saturated heterocycles. The lowest BCUT2D eigenvalue weighted by Crippen LogP contribution is -2.42. The lowest BCUT2D eigenvalue weighted by atomic mass is 10.0. The molecule has 0 aliphatic carbocycles. The third-order valence-corrected chi connectivity index (χ3v) is 4.64. The van der Waals surface area contributed by atoms with Gasteiger partial charge in [-0.15, -0.1) is 0 Å². The van der Waals surface area contributed by atoms with Gasteiger partial charge in [0.25, 0.3) is 5.91 Å². The Morgan fingerprint density at radius 2 is 1.91 bits per heavy atom. The van der Waals surface area contributed by atoms with Crippen molar-refractivity contribution in [3.8, 4) is 0 Å². The molecule has 3 N–H and O–H groups in total. The third-order valence-electron chi connectivity index (χ3n) is 4.64. The standard InChI is InChI=1S/C18H29N3O/c1-12(2)14(4)20-17-7-5-6-16(13(17)3)18(22)21-15-8-10-19-11-9-15/h5-7,12,14-15,19-20H,8-11H2,1-4H3,(H,21,22). The van der Waals surface area contributed by atoms with E-state index in [4.69, 9.17) is 0 Å². The van der Waals surface area contributed by atoms with Crippen molar-refractivity contribution in [2.75, 3.05) is 18.4 Å². The van der Waals surface area contributed by atoms with E-state index in [0.717, 1.165) is 42.7 Å². The van der Waals surface area contributed by atoms with Gasteiger partial charge < -0.3 is 16.0 Å². The van der Waals surface area contributed by atoms with Crippen LogP contribution < -0.4 is 16.0 Å². The van der Waals surface area contributed by atoms with Gasteiger partial charge in [-0.3, -0.25) is 4.79 Å². The highest BCUT2D eigenvalue weighted by molar-refractivity contribution is 5.97. The van der Waals surface area contributed by atoms with Crippen LogP contribution in [0.5, 0.6) is 0 Å². The fourth-order valence-electron chi connectivity index (χ4n) is 2.68. The Bertz CT molecular complexity index is 507. The summed E-state index contributed by atoms with van der Waals surface area (Å²) in [6, 6.07) is 6.59. The Morgan fingerprint density at radius 1 is 1.23 bits per heavy atom. The second-order valence-electron chi connectivity index (χ2n) is 6.65. The maximum Gasteiger partial charge on any atom is 0.251 e. The molecule has 4 nitrogen and oxygen atoms in total. The highest BCUT2D eigenvalue weighted by Gasteiger charge is 2.19. The number of carbonyl (C=O) groups excluding carboxylic acids is 1. The number of hydrogen-bond donors (Lipinski definition) is 3. The van der Waals surface area contributed by atoms with Crippen LogP contribution in [0.4, 0.5) is 5.69 Å². The zero-order valence-corrected chi connectivity index (χ0v) is 14.2. The van der Waals surface area contributed by atoms with E-state index in [-0.39, 0.29) is 5.91 Å². The second-order valence-corrected chi connectivity index (χ2v) is 6.65. The normalized spacial score (nSPS) is 17.3. The lowest BCUT2D eigenvalue weighted by Gasteiger charge is -2.25. The first-order valence-electron chi connectivity index (χ1n) is 8.36. The maximum absolute atomic E-state index is 12.5. The summed E-state index contributed by atoms with van der Waals surface area (Å²) in [5.41, 5.74) is 2.86. The Kier molecular flexibility index (Phi) is 5.83. The van der Waals surface area contributed by atoms with Crippen molar-refractivity contribution in [3.63, 3.8) is 0 Å². The van der Waals surface area contributed by atoms with Crippen LogP contribution in [-0.2, 0) is 0 Å². The molecule has 1 unspecified atom stereocenters. The molecule has 0 bridgehead atoms. The Hall–Kier alpha value is -1.55. The number of carbonyl (C=O) groups is 1. The van der Waals surface area contributed by atoms with Crippen molar-refractivity contribution in [2.45, 2.75) is 52.6 Å². The molecule has 0 spiro atoms. The van der Waals surface area contributed by atoms with Crippen LogP contribution in [0.15, 0.2) is 18.2 Å². The van der Waals surface area contributed by atoms with Crippen molar-refractivity contribution < 1.29 is 4.79 Å². The van der Waals surface area contributed by atoms with E-state index in [1.165, 1.54) is 0 Å². The number of hydrogen-bond acceptors (Lipinski definition) is 3. The molecule has 0 aromatic heterocycles. The van der Waals surface area contributed by atoms with E-state index in [2.05, 4.69) is 42.8 Å². The zero-order valence-electron chi connectivity index (χ0n) is 14.2. The number of nitrogens with one attached hydrogen (secondary N) is 3. The van der Waals surface area contributed by atoms with Crippen molar-refractivity contribution in [1.82, 2.24) is 10.6 Å². The van der Waals surface area contributed by atoms with Gasteiger partial charge in [-0.1, -0.05) is 19.9 Å². The Balaban J connectivity index is 2.08. The first-order valence-corrected chi connectivity index (χ1v) is 8.36. The average molecular weight is 303 g/mol. The van der Waals surface area contributed by atoms with Gasteiger partial charge in [0.2, 0.25) is 0 Å². The minimum Gasteiger partial charge on any atom is -0.382 e. The summed E-state index contributed by atoms with van der Waals surface area (Å²) >= 11 is 0. The van der Waals surface area contributed by atoms with Crippen LogP contribution in [0.1, 0.15) is 49.5 Å². The zero-order chi connectivity index (χ0) is 16.1. The molecule has 2 rings (SSSR count). The monoisotopic (exact) mass is 303 g/mol. The topological polar surface area (TPSA) is 53.2 Å². The summed E-state index contributed by atoms with van der Waals surface area (Å²) in [4.78, 5) is 12.5. The second kappa shape index (κ2) is 7.63. The minimum atomic E-state index is 0.0465. The molecule has 122 valence electrons. The van der Waals surface area contributed by atoms with Gasteiger partial charge in [-0.2, -0.15) is 0 Å². The smallest absolute Gasteiger partial charge is 0.251 e. The van der Waals surface area contributed by atoms with E-state index in [0.29, 0.717) is 18.0 Å². The lowest BCUT2D eigenvalue weighted by molar-refractivity contribution is 0.0929. The van der Waals surface area contributed by atoms with E-state index in [9.17, 15) is 4.79 Å². The molecule has 1 heterocycles.